The highest BCUT2D eigenvalue weighted by Gasteiger charge is 2.41. The van der Waals surface area contributed by atoms with E-state index in [1.165, 1.54) is 0 Å². The van der Waals surface area contributed by atoms with Crippen molar-refractivity contribution in [3.8, 4) is 5.75 Å². The third-order valence-electron chi connectivity index (χ3n) is 6.58. The second-order valence-electron chi connectivity index (χ2n) is 8.57. The van der Waals surface area contributed by atoms with Crippen molar-refractivity contribution in [3.63, 3.8) is 0 Å². The molecule has 7 nitrogen and oxygen atoms in total. The van der Waals surface area contributed by atoms with Crippen molar-refractivity contribution >= 4 is 5.91 Å². The van der Waals surface area contributed by atoms with Crippen molar-refractivity contribution in [1.29, 1.82) is 0 Å². The molecule has 0 radical (unpaired) electrons. The van der Waals surface area contributed by atoms with Crippen LogP contribution in [0.3, 0.4) is 0 Å². The Morgan fingerprint density at radius 1 is 1.27 bits per heavy atom. The molecular weight excluding hydrogens is 382 g/mol. The number of aryl methyl sites for hydroxylation is 2. The lowest BCUT2D eigenvalue weighted by molar-refractivity contribution is -0.147. The van der Waals surface area contributed by atoms with Gasteiger partial charge in [0.1, 0.15) is 11.5 Å². The smallest absolute Gasteiger partial charge is 0.227 e. The minimum Gasteiger partial charge on any atom is -0.493 e. The van der Waals surface area contributed by atoms with Crippen molar-refractivity contribution in [1.82, 2.24) is 15.0 Å². The van der Waals surface area contributed by atoms with E-state index in [1.54, 1.807) is 12.4 Å². The van der Waals surface area contributed by atoms with Crippen LogP contribution in [0.4, 0.5) is 0 Å². The molecule has 1 unspecified atom stereocenters. The third kappa shape index (κ3) is 4.83. The number of piperidine rings is 1. The van der Waals surface area contributed by atoms with Crippen LogP contribution in [-0.4, -0.2) is 52.9 Å². The van der Waals surface area contributed by atoms with Gasteiger partial charge in [0.15, 0.2) is 0 Å². The third-order valence-corrected chi connectivity index (χ3v) is 6.58. The normalized spacial score (nSPS) is 21.0. The summed E-state index contributed by atoms with van der Waals surface area (Å²) in [4.78, 5) is 18.8. The van der Waals surface area contributed by atoms with Crippen LogP contribution < -0.4 is 4.74 Å². The Kier molecular flexibility index (Phi) is 6.37. The quantitative estimate of drug-likeness (QED) is 0.721. The number of carbonyl (C=O) groups is 1. The van der Waals surface area contributed by atoms with Gasteiger partial charge in [-0.05, 0) is 64.0 Å². The number of hydrogen-bond donors (Lipinski definition) is 0. The molecule has 1 spiro atoms. The van der Waals surface area contributed by atoms with E-state index < -0.39 is 0 Å². The number of pyridine rings is 1. The van der Waals surface area contributed by atoms with Crippen molar-refractivity contribution in [2.45, 2.75) is 58.0 Å². The first kappa shape index (κ1) is 20.8. The lowest BCUT2D eigenvalue weighted by Crippen LogP contribution is -2.51. The zero-order chi connectivity index (χ0) is 21.0. The Morgan fingerprint density at radius 3 is 2.73 bits per heavy atom. The minimum atomic E-state index is -0.0839. The van der Waals surface area contributed by atoms with E-state index in [0.29, 0.717) is 18.9 Å². The van der Waals surface area contributed by atoms with Gasteiger partial charge in [0.25, 0.3) is 0 Å². The first-order valence-electron chi connectivity index (χ1n) is 10.9. The predicted molar refractivity (Wildman–Crippen MR) is 111 cm³/mol. The van der Waals surface area contributed by atoms with Crippen LogP contribution in [0.1, 0.15) is 49.1 Å². The van der Waals surface area contributed by atoms with Crippen molar-refractivity contribution in [2.75, 3.05) is 26.3 Å². The van der Waals surface area contributed by atoms with Crippen molar-refractivity contribution < 1.29 is 18.8 Å². The summed E-state index contributed by atoms with van der Waals surface area (Å²) in [6.07, 6.45) is 8.84. The molecule has 0 saturated carbocycles. The standard InChI is InChI=1S/C23H31N3O4/c1-17-21(18(2)30-25-17)15-22(27)26-11-7-23(8-12-26)16-19(6-14-29-23)5-13-28-20-3-9-24-10-4-20/h3-4,9-10,19H,5-8,11-16H2,1-2H3. The SMILES string of the molecule is Cc1noc(C)c1CC(=O)N1CCC2(CC1)CC(CCOc1ccncc1)CCO2. The van der Waals surface area contributed by atoms with E-state index in [-0.39, 0.29) is 11.5 Å². The average Bonchev–Trinajstić information content (AvgIpc) is 3.07. The molecule has 4 rings (SSSR count). The number of aromatic nitrogens is 2. The fourth-order valence-electron chi connectivity index (χ4n) is 4.68. The molecule has 0 bridgehead atoms. The van der Waals surface area contributed by atoms with Gasteiger partial charge < -0.3 is 18.9 Å². The van der Waals surface area contributed by atoms with Gasteiger partial charge in [-0.15, -0.1) is 0 Å². The average molecular weight is 414 g/mol. The summed E-state index contributed by atoms with van der Waals surface area (Å²) in [7, 11) is 0. The zero-order valence-corrected chi connectivity index (χ0v) is 17.9. The number of nitrogens with zero attached hydrogens (tertiary/aromatic N) is 3. The van der Waals surface area contributed by atoms with Crippen molar-refractivity contribution in [2.24, 2.45) is 5.92 Å². The number of rotatable bonds is 6. The number of carbonyl (C=O) groups excluding carboxylic acids is 1. The molecule has 0 aliphatic carbocycles. The summed E-state index contributed by atoms with van der Waals surface area (Å²) in [6.45, 7) is 6.77. The molecule has 0 aromatic carbocycles. The van der Waals surface area contributed by atoms with Crippen molar-refractivity contribution in [3.05, 3.63) is 41.5 Å². The largest absolute Gasteiger partial charge is 0.493 e. The van der Waals surface area contributed by atoms with E-state index in [4.69, 9.17) is 14.0 Å². The molecule has 7 heteroatoms. The molecule has 162 valence electrons. The van der Waals surface area contributed by atoms with Gasteiger partial charge in [-0.2, -0.15) is 0 Å². The molecular formula is C23H31N3O4. The fourth-order valence-corrected chi connectivity index (χ4v) is 4.68. The molecule has 1 atom stereocenters. The van der Waals surface area contributed by atoms with E-state index in [0.717, 1.165) is 74.6 Å². The maximum Gasteiger partial charge on any atom is 0.227 e. The van der Waals surface area contributed by atoms with E-state index in [1.807, 2.05) is 30.9 Å². The van der Waals surface area contributed by atoms with Gasteiger partial charge in [0, 0.05) is 37.7 Å². The van der Waals surface area contributed by atoms with Gasteiger partial charge >= 0.3 is 0 Å². The maximum absolute atomic E-state index is 12.8. The summed E-state index contributed by atoms with van der Waals surface area (Å²) >= 11 is 0. The molecule has 2 fully saturated rings. The molecule has 1 amide bonds. The van der Waals surface area contributed by atoms with Crippen LogP contribution in [0.2, 0.25) is 0 Å². The summed E-state index contributed by atoms with van der Waals surface area (Å²) in [5, 5.41) is 3.96. The predicted octanol–water partition coefficient (Wildman–Crippen LogP) is 3.49. The number of amides is 1. The molecule has 30 heavy (non-hydrogen) atoms. The van der Waals surface area contributed by atoms with E-state index in [9.17, 15) is 4.79 Å². The number of likely N-dealkylation sites (tertiary alicyclic amines) is 1. The second kappa shape index (κ2) is 9.16. The van der Waals surface area contributed by atoms with Crippen LogP contribution in [0, 0.1) is 19.8 Å². The van der Waals surface area contributed by atoms with Crippen LogP contribution in [0.15, 0.2) is 29.0 Å². The molecule has 2 saturated heterocycles. The first-order valence-corrected chi connectivity index (χ1v) is 10.9. The molecule has 2 aromatic heterocycles. The highest BCUT2D eigenvalue weighted by atomic mass is 16.5. The van der Waals surface area contributed by atoms with Crippen LogP contribution in [-0.2, 0) is 16.0 Å². The summed E-state index contributed by atoms with van der Waals surface area (Å²) < 4.78 is 17.3. The monoisotopic (exact) mass is 413 g/mol. The highest BCUT2D eigenvalue weighted by Crippen LogP contribution is 2.39. The topological polar surface area (TPSA) is 77.7 Å². The summed E-state index contributed by atoms with van der Waals surface area (Å²) in [6, 6.07) is 3.78. The van der Waals surface area contributed by atoms with Crippen LogP contribution >= 0.6 is 0 Å². The van der Waals surface area contributed by atoms with Crippen LogP contribution in [0.25, 0.3) is 0 Å². The lowest BCUT2D eigenvalue weighted by atomic mass is 9.78. The Hall–Kier alpha value is -2.41. The number of ether oxygens (including phenoxy) is 2. The lowest BCUT2D eigenvalue weighted by Gasteiger charge is -2.46. The molecule has 2 aromatic rings. The Labute approximate surface area is 177 Å². The molecule has 2 aliphatic rings. The Morgan fingerprint density at radius 2 is 2.03 bits per heavy atom. The van der Waals surface area contributed by atoms with E-state index in [2.05, 4.69) is 10.1 Å². The summed E-state index contributed by atoms with van der Waals surface area (Å²) in [5.74, 6) is 2.36. The number of hydrogen-bond acceptors (Lipinski definition) is 6. The Balaban J connectivity index is 1.25. The van der Waals surface area contributed by atoms with Gasteiger partial charge in [0.2, 0.25) is 5.91 Å². The molecule has 2 aliphatic heterocycles. The fraction of sp³-hybridized carbons (Fsp3) is 0.609. The zero-order valence-electron chi connectivity index (χ0n) is 17.9. The van der Waals surface area contributed by atoms with Gasteiger partial charge in [-0.1, -0.05) is 5.16 Å². The first-order chi connectivity index (χ1) is 14.5. The van der Waals surface area contributed by atoms with Gasteiger partial charge in [-0.25, -0.2) is 0 Å². The molecule has 0 N–H and O–H groups in total. The van der Waals surface area contributed by atoms with Gasteiger partial charge in [-0.3, -0.25) is 9.78 Å². The summed E-state index contributed by atoms with van der Waals surface area (Å²) in [5.41, 5.74) is 1.64. The minimum absolute atomic E-state index is 0.0839. The maximum atomic E-state index is 12.8. The molecule has 4 heterocycles. The van der Waals surface area contributed by atoms with E-state index >= 15 is 0 Å². The Bertz CT molecular complexity index is 824. The highest BCUT2D eigenvalue weighted by molar-refractivity contribution is 5.79. The van der Waals surface area contributed by atoms with Gasteiger partial charge in [0.05, 0.1) is 24.3 Å². The van der Waals surface area contributed by atoms with Crippen LogP contribution in [0.5, 0.6) is 5.75 Å². The second-order valence-corrected chi connectivity index (χ2v) is 8.57.